The Balaban J connectivity index is 2.21. The highest BCUT2D eigenvalue weighted by molar-refractivity contribution is 5.82. The number of rotatable bonds is 8. The van der Waals surface area contributed by atoms with Crippen LogP contribution in [0.5, 0.6) is 0 Å². The number of aliphatic hydroxyl groups is 2. The maximum absolute atomic E-state index is 12.4. The molecule has 0 saturated heterocycles. The van der Waals surface area contributed by atoms with E-state index in [1.165, 1.54) is 29.9 Å². The van der Waals surface area contributed by atoms with Crippen LogP contribution in [0, 0.1) is 0 Å². The zero-order valence-electron chi connectivity index (χ0n) is 16.2. The number of carboxylic acids is 1. The van der Waals surface area contributed by atoms with Crippen molar-refractivity contribution >= 4 is 12.0 Å². The zero-order valence-corrected chi connectivity index (χ0v) is 16.2. The number of likely N-dealkylation sites (N-methyl/N-ethyl adjacent to an activating group) is 1. The Labute approximate surface area is 167 Å². The Hall–Kier alpha value is -3.24. The van der Waals surface area contributed by atoms with E-state index in [1.807, 2.05) is 0 Å². The maximum atomic E-state index is 12.4. The van der Waals surface area contributed by atoms with Crippen LogP contribution in [0.2, 0.25) is 0 Å². The van der Waals surface area contributed by atoms with Gasteiger partial charge in [-0.1, -0.05) is 24.3 Å². The fourth-order valence-corrected chi connectivity index (χ4v) is 2.76. The third kappa shape index (κ3) is 5.39. The summed E-state index contributed by atoms with van der Waals surface area (Å²) in [6.45, 7) is -0.483. The summed E-state index contributed by atoms with van der Waals surface area (Å²) in [7, 11) is 2.96. The first-order valence-corrected chi connectivity index (χ1v) is 8.89. The molecule has 1 aromatic carbocycles. The molecule has 10 heteroatoms. The molecule has 29 heavy (non-hydrogen) atoms. The van der Waals surface area contributed by atoms with Crippen molar-refractivity contribution in [1.82, 2.24) is 20.0 Å². The Morgan fingerprint density at radius 2 is 1.90 bits per heavy atom. The fourth-order valence-electron chi connectivity index (χ4n) is 2.76. The topological polar surface area (TPSA) is 145 Å². The number of carbonyl (C=O) groups excluding carboxylic acids is 1. The van der Waals surface area contributed by atoms with Crippen LogP contribution in [-0.4, -0.2) is 68.2 Å². The van der Waals surface area contributed by atoms with Crippen LogP contribution in [0.1, 0.15) is 11.1 Å². The van der Waals surface area contributed by atoms with Gasteiger partial charge in [-0.25, -0.2) is 14.3 Å². The molecule has 10 nitrogen and oxygen atoms in total. The van der Waals surface area contributed by atoms with Gasteiger partial charge in [0.15, 0.2) is 0 Å². The lowest BCUT2D eigenvalue weighted by atomic mass is 9.99. The highest BCUT2D eigenvalue weighted by Crippen LogP contribution is 2.20. The molecule has 0 aliphatic rings. The van der Waals surface area contributed by atoms with Gasteiger partial charge in [-0.05, 0) is 11.1 Å². The SMILES string of the molecule is CN(CCO)C(=O)N[C@@H](Cc1ccc(-c2c(CO)cnn(C)c2=O)cc1)C(=O)O. The molecule has 0 spiro atoms. The van der Waals surface area contributed by atoms with Crippen LogP contribution in [0.3, 0.4) is 0 Å². The second-order valence-electron chi connectivity index (χ2n) is 6.52. The lowest BCUT2D eigenvalue weighted by molar-refractivity contribution is -0.139. The minimum Gasteiger partial charge on any atom is -0.480 e. The molecule has 1 heterocycles. The standard InChI is InChI=1S/C19H24N4O6/c1-22(7-8-24)19(29)21-15(18(27)28)9-12-3-5-13(6-4-12)16-14(11-25)10-20-23(2)17(16)26/h3-6,10,15,24-25H,7-9,11H2,1-2H3,(H,21,29)(H,27,28)/t15-/m0/s1. The molecule has 2 aromatic rings. The molecule has 0 fully saturated rings. The number of aryl methyl sites for hydroxylation is 1. The number of aromatic nitrogens is 2. The monoisotopic (exact) mass is 404 g/mol. The average Bonchev–Trinajstić information content (AvgIpc) is 2.70. The van der Waals surface area contributed by atoms with Crippen molar-refractivity contribution in [1.29, 1.82) is 0 Å². The van der Waals surface area contributed by atoms with Crippen LogP contribution < -0.4 is 10.9 Å². The second-order valence-corrected chi connectivity index (χ2v) is 6.52. The van der Waals surface area contributed by atoms with Crippen LogP contribution in [-0.2, 0) is 24.9 Å². The summed E-state index contributed by atoms with van der Waals surface area (Å²) in [5.74, 6) is -1.19. The van der Waals surface area contributed by atoms with E-state index in [9.17, 15) is 24.6 Å². The first-order valence-electron chi connectivity index (χ1n) is 8.89. The summed E-state index contributed by atoms with van der Waals surface area (Å²) in [6, 6.07) is 4.88. The van der Waals surface area contributed by atoms with Crippen molar-refractivity contribution in [3.8, 4) is 11.1 Å². The van der Waals surface area contributed by atoms with E-state index in [4.69, 9.17) is 5.11 Å². The summed E-state index contributed by atoms with van der Waals surface area (Å²) in [5, 5.41) is 34.1. The van der Waals surface area contributed by atoms with E-state index in [0.29, 0.717) is 22.3 Å². The van der Waals surface area contributed by atoms with Crippen molar-refractivity contribution in [2.45, 2.75) is 19.1 Å². The van der Waals surface area contributed by atoms with Crippen molar-refractivity contribution in [3.05, 3.63) is 51.9 Å². The molecular weight excluding hydrogens is 380 g/mol. The minimum atomic E-state index is -1.19. The van der Waals surface area contributed by atoms with Gasteiger partial charge >= 0.3 is 12.0 Å². The summed E-state index contributed by atoms with van der Waals surface area (Å²) >= 11 is 0. The van der Waals surface area contributed by atoms with Gasteiger partial charge in [-0.2, -0.15) is 5.10 Å². The number of aliphatic carboxylic acids is 1. The highest BCUT2D eigenvalue weighted by Gasteiger charge is 2.22. The molecule has 0 saturated carbocycles. The van der Waals surface area contributed by atoms with E-state index in [0.717, 1.165) is 0 Å². The number of benzene rings is 1. The zero-order chi connectivity index (χ0) is 21.6. The van der Waals surface area contributed by atoms with Crippen molar-refractivity contribution in [2.75, 3.05) is 20.2 Å². The number of carbonyl (C=O) groups is 2. The van der Waals surface area contributed by atoms with Crippen LogP contribution in [0.4, 0.5) is 4.79 Å². The van der Waals surface area contributed by atoms with Gasteiger partial charge in [0, 0.05) is 32.6 Å². The van der Waals surface area contributed by atoms with Crippen LogP contribution >= 0.6 is 0 Å². The minimum absolute atomic E-state index is 0.0372. The van der Waals surface area contributed by atoms with Gasteiger partial charge in [-0.3, -0.25) is 4.79 Å². The molecule has 0 aliphatic heterocycles. The van der Waals surface area contributed by atoms with E-state index >= 15 is 0 Å². The van der Waals surface area contributed by atoms with E-state index in [2.05, 4.69) is 10.4 Å². The molecule has 0 aliphatic carbocycles. The fraction of sp³-hybridized carbons (Fsp3) is 0.368. The van der Waals surface area contributed by atoms with Crippen LogP contribution in [0.25, 0.3) is 11.1 Å². The second kappa shape index (κ2) is 9.80. The number of hydrogen-bond donors (Lipinski definition) is 4. The maximum Gasteiger partial charge on any atom is 0.326 e. The van der Waals surface area contributed by atoms with Gasteiger partial charge in [0.05, 0.1) is 25.0 Å². The molecule has 1 atom stereocenters. The van der Waals surface area contributed by atoms with Gasteiger partial charge in [0.2, 0.25) is 0 Å². The molecular formula is C19H24N4O6. The molecule has 2 rings (SSSR count). The number of nitrogens with zero attached hydrogens (tertiary/aromatic N) is 3. The number of urea groups is 1. The first-order chi connectivity index (χ1) is 13.8. The number of nitrogens with one attached hydrogen (secondary N) is 1. The molecule has 0 unspecified atom stereocenters. The van der Waals surface area contributed by atoms with Crippen molar-refractivity contribution in [2.24, 2.45) is 7.05 Å². The van der Waals surface area contributed by atoms with Crippen LogP contribution in [0.15, 0.2) is 35.3 Å². The smallest absolute Gasteiger partial charge is 0.326 e. The lowest BCUT2D eigenvalue weighted by Crippen LogP contribution is -2.48. The Morgan fingerprint density at radius 1 is 1.24 bits per heavy atom. The van der Waals surface area contributed by atoms with E-state index in [1.54, 1.807) is 24.3 Å². The molecule has 0 bridgehead atoms. The molecule has 1 aromatic heterocycles. The predicted octanol–water partition coefficient (Wildman–Crippen LogP) is -0.431. The van der Waals surface area contributed by atoms with Gasteiger partial charge in [0.25, 0.3) is 5.56 Å². The summed E-state index contributed by atoms with van der Waals surface area (Å²) in [6.07, 6.45) is 1.46. The number of aliphatic hydroxyl groups excluding tert-OH is 2. The summed E-state index contributed by atoms with van der Waals surface area (Å²) < 4.78 is 1.17. The third-order valence-corrected chi connectivity index (χ3v) is 4.45. The Morgan fingerprint density at radius 3 is 2.45 bits per heavy atom. The molecule has 4 N–H and O–H groups in total. The third-order valence-electron chi connectivity index (χ3n) is 4.45. The Bertz CT molecular complexity index is 925. The molecule has 156 valence electrons. The molecule has 2 amide bonds. The number of amides is 2. The predicted molar refractivity (Wildman–Crippen MR) is 104 cm³/mol. The summed E-state index contributed by atoms with van der Waals surface area (Å²) in [5.41, 5.74) is 1.57. The highest BCUT2D eigenvalue weighted by atomic mass is 16.4. The van der Waals surface area contributed by atoms with Gasteiger partial charge in [0.1, 0.15) is 6.04 Å². The average molecular weight is 404 g/mol. The number of hydrogen-bond acceptors (Lipinski definition) is 6. The van der Waals surface area contributed by atoms with Gasteiger partial charge < -0.3 is 25.5 Å². The van der Waals surface area contributed by atoms with E-state index < -0.39 is 18.0 Å². The molecule has 0 radical (unpaired) electrons. The number of carboxylic acid groups (broad SMARTS) is 1. The van der Waals surface area contributed by atoms with Crippen molar-refractivity contribution < 1.29 is 24.9 Å². The van der Waals surface area contributed by atoms with Gasteiger partial charge in [-0.15, -0.1) is 0 Å². The van der Waals surface area contributed by atoms with Crippen molar-refractivity contribution in [3.63, 3.8) is 0 Å². The summed E-state index contributed by atoms with van der Waals surface area (Å²) in [4.78, 5) is 37.1. The normalized spacial score (nSPS) is 11.7. The Kier molecular flexibility index (Phi) is 7.46. The largest absolute Gasteiger partial charge is 0.480 e. The lowest BCUT2D eigenvalue weighted by Gasteiger charge is -2.20. The first kappa shape index (κ1) is 22.1. The van der Waals surface area contributed by atoms with E-state index in [-0.39, 0.29) is 31.7 Å². The quantitative estimate of drug-likeness (QED) is 0.467.